The molecule has 0 bridgehead atoms. The summed E-state index contributed by atoms with van der Waals surface area (Å²) in [6.07, 6.45) is 5.42. The average molecular weight is 269 g/mol. The molecule has 0 unspecified atom stereocenters. The Bertz CT molecular complexity index is 712. The molecule has 0 N–H and O–H groups in total. The van der Waals surface area contributed by atoms with Crippen LogP contribution in [0.15, 0.2) is 39.6 Å². The first kappa shape index (κ1) is 11.5. The number of hydrogen-bond acceptors (Lipinski definition) is 5. The quantitative estimate of drug-likeness (QED) is 0.713. The highest BCUT2D eigenvalue weighted by Gasteiger charge is 2.19. The van der Waals surface area contributed by atoms with Gasteiger partial charge in [-0.05, 0) is 53.8 Å². The minimum Gasteiger partial charge on any atom is -0.464 e. The number of benzene rings is 1. The van der Waals surface area contributed by atoms with E-state index in [-0.39, 0.29) is 0 Å². The standard InChI is InChI=1S/C15H15N3O2/c1-2-8-18(9-3-1)12-7-6-11(13-5-4-10-19-13)14-15(12)17-20-16-14/h4-7,10H,1-3,8-9H2. The minimum absolute atomic E-state index is 0.767. The predicted molar refractivity (Wildman–Crippen MR) is 75.6 cm³/mol. The molecule has 0 amide bonds. The zero-order valence-corrected chi connectivity index (χ0v) is 11.1. The third-order valence-electron chi connectivity index (χ3n) is 3.88. The van der Waals surface area contributed by atoms with Gasteiger partial charge in [-0.15, -0.1) is 0 Å². The lowest BCUT2D eigenvalue weighted by molar-refractivity contribution is 0.315. The number of rotatable bonds is 2. The summed E-state index contributed by atoms with van der Waals surface area (Å²) in [6, 6.07) is 7.92. The van der Waals surface area contributed by atoms with Crippen molar-refractivity contribution in [3.8, 4) is 11.3 Å². The Morgan fingerprint density at radius 2 is 1.80 bits per heavy atom. The molecule has 3 aromatic rings. The van der Waals surface area contributed by atoms with Crippen LogP contribution in [0, 0.1) is 0 Å². The molecule has 4 rings (SSSR count). The lowest BCUT2D eigenvalue weighted by atomic mass is 10.1. The van der Waals surface area contributed by atoms with Crippen molar-refractivity contribution in [3.63, 3.8) is 0 Å². The lowest BCUT2D eigenvalue weighted by Crippen LogP contribution is -2.29. The Kier molecular flexibility index (Phi) is 2.69. The molecule has 0 aliphatic carbocycles. The topological polar surface area (TPSA) is 55.3 Å². The van der Waals surface area contributed by atoms with Gasteiger partial charge in [0.2, 0.25) is 0 Å². The Morgan fingerprint density at radius 1 is 0.950 bits per heavy atom. The van der Waals surface area contributed by atoms with Gasteiger partial charge in [0.05, 0.1) is 12.0 Å². The molecule has 0 radical (unpaired) electrons. The van der Waals surface area contributed by atoms with E-state index in [1.165, 1.54) is 19.3 Å². The third kappa shape index (κ3) is 1.78. The number of furan rings is 1. The maximum absolute atomic E-state index is 5.46. The highest BCUT2D eigenvalue weighted by molar-refractivity contribution is 5.97. The van der Waals surface area contributed by atoms with E-state index in [0.717, 1.165) is 41.1 Å². The van der Waals surface area contributed by atoms with E-state index in [0.29, 0.717) is 0 Å². The lowest BCUT2D eigenvalue weighted by Gasteiger charge is -2.28. The number of anilines is 1. The Labute approximate surface area is 116 Å². The van der Waals surface area contributed by atoms with E-state index >= 15 is 0 Å². The first-order valence-electron chi connectivity index (χ1n) is 6.97. The van der Waals surface area contributed by atoms with E-state index < -0.39 is 0 Å². The van der Waals surface area contributed by atoms with Crippen LogP contribution in [0.1, 0.15) is 19.3 Å². The molecule has 5 heteroatoms. The maximum Gasteiger partial charge on any atom is 0.159 e. The van der Waals surface area contributed by atoms with E-state index in [1.807, 2.05) is 18.2 Å². The molecule has 20 heavy (non-hydrogen) atoms. The van der Waals surface area contributed by atoms with Crippen LogP contribution in [-0.4, -0.2) is 23.4 Å². The number of aromatic nitrogens is 2. The zero-order chi connectivity index (χ0) is 13.4. The fourth-order valence-electron chi connectivity index (χ4n) is 2.87. The maximum atomic E-state index is 5.46. The summed E-state index contributed by atoms with van der Waals surface area (Å²) >= 11 is 0. The molecular formula is C15H15N3O2. The molecule has 102 valence electrons. The van der Waals surface area contributed by atoms with Gasteiger partial charge < -0.3 is 9.32 Å². The van der Waals surface area contributed by atoms with E-state index in [4.69, 9.17) is 9.05 Å². The first-order chi connectivity index (χ1) is 9.93. The van der Waals surface area contributed by atoms with Crippen LogP contribution in [0.5, 0.6) is 0 Å². The normalized spacial score (nSPS) is 15.9. The monoisotopic (exact) mass is 269 g/mol. The van der Waals surface area contributed by atoms with E-state index in [2.05, 4.69) is 21.3 Å². The van der Waals surface area contributed by atoms with Gasteiger partial charge >= 0.3 is 0 Å². The summed E-state index contributed by atoms with van der Waals surface area (Å²) < 4.78 is 10.4. The van der Waals surface area contributed by atoms with Gasteiger partial charge in [-0.25, -0.2) is 4.63 Å². The summed E-state index contributed by atoms with van der Waals surface area (Å²) in [4.78, 5) is 2.36. The van der Waals surface area contributed by atoms with Gasteiger partial charge in [0, 0.05) is 18.7 Å². The first-order valence-corrected chi connectivity index (χ1v) is 6.97. The average Bonchev–Trinajstić information content (AvgIpc) is 3.18. The van der Waals surface area contributed by atoms with Crippen molar-refractivity contribution in [1.82, 2.24) is 10.3 Å². The molecule has 1 aromatic carbocycles. The zero-order valence-electron chi connectivity index (χ0n) is 11.1. The molecule has 0 saturated carbocycles. The fraction of sp³-hybridized carbons (Fsp3) is 0.333. The van der Waals surface area contributed by atoms with Crippen LogP contribution < -0.4 is 4.90 Å². The summed E-state index contributed by atoms with van der Waals surface area (Å²) in [5.74, 6) is 0.788. The van der Waals surface area contributed by atoms with Gasteiger partial charge in [0.1, 0.15) is 11.3 Å². The smallest absolute Gasteiger partial charge is 0.159 e. The van der Waals surface area contributed by atoms with Crippen molar-refractivity contribution in [1.29, 1.82) is 0 Å². The number of nitrogens with zero attached hydrogens (tertiary/aromatic N) is 3. The van der Waals surface area contributed by atoms with Gasteiger partial charge in [-0.2, -0.15) is 0 Å². The van der Waals surface area contributed by atoms with Crippen molar-refractivity contribution in [2.45, 2.75) is 19.3 Å². The van der Waals surface area contributed by atoms with Crippen molar-refractivity contribution in [2.24, 2.45) is 0 Å². The molecule has 3 heterocycles. The summed E-state index contributed by atoms with van der Waals surface area (Å²) in [5, 5.41) is 8.15. The molecule has 1 aliphatic rings. The van der Waals surface area contributed by atoms with Crippen LogP contribution in [0.4, 0.5) is 5.69 Å². The molecule has 0 spiro atoms. The number of fused-ring (bicyclic) bond motifs is 1. The van der Waals surface area contributed by atoms with Gasteiger partial charge in [0.15, 0.2) is 5.52 Å². The molecule has 1 fully saturated rings. The Morgan fingerprint density at radius 3 is 2.60 bits per heavy atom. The predicted octanol–water partition coefficient (Wildman–Crippen LogP) is 3.47. The van der Waals surface area contributed by atoms with Gasteiger partial charge in [-0.1, -0.05) is 0 Å². The minimum atomic E-state index is 0.767. The second-order valence-electron chi connectivity index (χ2n) is 5.12. The summed E-state index contributed by atoms with van der Waals surface area (Å²) in [6.45, 7) is 2.14. The largest absolute Gasteiger partial charge is 0.464 e. The van der Waals surface area contributed by atoms with Crippen molar-refractivity contribution in [3.05, 3.63) is 30.5 Å². The van der Waals surface area contributed by atoms with E-state index in [1.54, 1.807) is 6.26 Å². The summed E-state index contributed by atoms with van der Waals surface area (Å²) in [5.41, 5.74) is 3.62. The van der Waals surface area contributed by atoms with Crippen molar-refractivity contribution >= 4 is 16.7 Å². The molecule has 2 aromatic heterocycles. The highest BCUT2D eigenvalue weighted by Crippen LogP contribution is 2.34. The van der Waals surface area contributed by atoms with Crippen LogP contribution >= 0.6 is 0 Å². The second-order valence-corrected chi connectivity index (χ2v) is 5.12. The van der Waals surface area contributed by atoms with Crippen LogP contribution in [0.2, 0.25) is 0 Å². The Balaban J connectivity index is 1.85. The van der Waals surface area contributed by atoms with Gasteiger partial charge in [-0.3, -0.25) is 0 Å². The Hall–Kier alpha value is -2.30. The molecule has 0 atom stereocenters. The SMILES string of the molecule is c1coc(-c2ccc(N3CCCCC3)c3nonc23)c1. The van der Waals surface area contributed by atoms with Crippen LogP contribution in [-0.2, 0) is 0 Å². The van der Waals surface area contributed by atoms with Crippen LogP contribution in [0.25, 0.3) is 22.4 Å². The number of piperidine rings is 1. The van der Waals surface area contributed by atoms with Crippen molar-refractivity contribution < 1.29 is 9.05 Å². The molecule has 5 nitrogen and oxygen atoms in total. The second kappa shape index (κ2) is 4.67. The molecule has 1 aliphatic heterocycles. The van der Waals surface area contributed by atoms with Crippen molar-refractivity contribution in [2.75, 3.05) is 18.0 Å². The molecule has 1 saturated heterocycles. The third-order valence-corrected chi connectivity index (χ3v) is 3.88. The summed E-state index contributed by atoms with van der Waals surface area (Å²) in [7, 11) is 0. The molecular weight excluding hydrogens is 254 g/mol. The van der Waals surface area contributed by atoms with Gasteiger partial charge in [0.25, 0.3) is 0 Å². The fourth-order valence-corrected chi connectivity index (χ4v) is 2.87. The van der Waals surface area contributed by atoms with E-state index in [9.17, 15) is 0 Å². The van der Waals surface area contributed by atoms with Crippen LogP contribution in [0.3, 0.4) is 0 Å². The highest BCUT2D eigenvalue weighted by atomic mass is 16.6. The number of hydrogen-bond donors (Lipinski definition) is 0.